The summed E-state index contributed by atoms with van der Waals surface area (Å²) in [5.74, 6) is 1.14. The molecule has 1 aliphatic rings. The summed E-state index contributed by atoms with van der Waals surface area (Å²) in [7, 11) is 0. The van der Waals surface area contributed by atoms with Gasteiger partial charge in [0.2, 0.25) is 0 Å². The van der Waals surface area contributed by atoms with Crippen molar-refractivity contribution in [2.75, 3.05) is 5.32 Å². The van der Waals surface area contributed by atoms with Gasteiger partial charge in [0.15, 0.2) is 0 Å². The van der Waals surface area contributed by atoms with Gasteiger partial charge < -0.3 is 10.3 Å². The van der Waals surface area contributed by atoms with Crippen molar-refractivity contribution in [1.29, 1.82) is 0 Å². The van der Waals surface area contributed by atoms with Crippen molar-refractivity contribution >= 4 is 11.6 Å². The molecular formula is C14H16N4O. The molecule has 0 amide bonds. The fourth-order valence-corrected chi connectivity index (χ4v) is 2.34. The number of nitrogens with one attached hydrogen (secondary N) is 2. The van der Waals surface area contributed by atoms with E-state index >= 15 is 0 Å². The van der Waals surface area contributed by atoms with Crippen LogP contribution in [0.25, 0.3) is 11.4 Å². The number of anilines is 1. The van der Waals surface area contributed by atoms with Gasteiger partial charge in [-0.3, -0.25) is 4.79 Å². The summed E-state index contributed by atoms with van der Waals surface area (Å²) in [6, 6.07) is 8.10. The molecule has 1 saturated carbocycles. The maximum absolute atomic E-state index is 11.2. The Balaban J connectivity index is 1.65. The summed E-state index contributed by atoms with van der Waals surface area (Å²) in [6.07, 6.45) is 4.98. The van der Waals surface area contributed by atoms with E-state index in [1.807, 2.05) is 30.5 Å². The number of H-pyrrole nitrogens is 1. The Labute approximate surface area is 111 Å². The van der Waals surface area contributed by atoms with E-state index in [-0.39, 0.29) is 0 Å². The van der Waals surface area contributed by atoms with Gasteiger partial charge in [0.1, 0.15) is 17.3 Å². The van der Waals surface area contributed by atoms with Crippen LogP contribution in [0, 0.1) is 0 Å². The number of carbonyl (C=O) groups is 1. The van der Waals surface area contributed by atoms with Crippen LogP contribution in [0.5, 0.6) is 0 Å². The molecule has 2 aromatic heterocycles. The van der Waals surface area contributed by atoms with Gasteiger partial charge in [0.25, 0.3) is 0 Å². The van der Waals surface area contributed by atoms with E-state index in [9.17, 15) is 4.79 Å². The molecule has 2 heterocycles. The van der Waals surface area contributed by atoms with Gasteiger partial charge in [-0.2, -0.15) is 0 Å². The topological polar surface area (TPSA) is 70.7 Å². The first-order valence-electron chi connectivity index (χ1n) is 6.57. The molecular weight excluding hydrogens is 240 g/mol. The lowest BCUT2D eigenvalue weighted by atomic mass is 9.94. The summed E-state index contributed by atoms with van der Waals surface area (Å²) >= 11 is 0. The third-order valence-corrected chi connectivity index (χ3v) is 3.43. The van der Waals surface area contributed by atoms with Crippen molar-refractivity contribution in [3.05, 3.63) is 30.5 Å². The molecule has 98 valence electrons. The van der Waals surface area contributed by atoms with Crippen molar-refractivity contribution in [1.82, 2.24) is 15.2 Å². The first-order chi connectivity index (χ1) is 9.31. The molecule has 1 fully saturated rings. The van der Waals surface area contributed by atoms with E-state index in [0.717, 1.165) is 30.0 Å². The van der Waals surface area contributed by atoms with Crippen LogP contribution in [0.1, 0.15) is 25.7 Å². The second-order valence-electron chi connectivity index (χ2n) is 4.84. The molecule has 5 heteroatoms. The Morgan fingerprint density at radius 1 is 1.16 bits per heavy atom. The number of nitrogens with zero attached hydrogens (tertiary/aromatic N) is 2. The number of carbonyl (C=O) groups excluding carboxylic acids is 1. The first kappa shape index (κ1) is 11.9. The normalized spacial score (nSPS) is 16.5. The van der Waals surface area contributed by atoms with Gasteiger partial charge in [-0.25, -0.2) is 0 Å². The zero-order chi connectivity index (χ0) is 13.1. The summed E-state index contributed by atoms with van der Waals surface area (Å²) in [5, 5.41) is 11.7. The average Bonchev–Trinajstić information content (AvgIpc) is 2.96. The van der Waals surface area contributed by atoms with Gasteiger partial charge in [-0.1, -0.05) is 0 Å². The molecule has 19 heavy (non-hydrogen) atoms. The number of hydrogen-bond acceptors (Lipinski definition) is 4. The predicted octanol–water partition coefficient (Wildman–Crippen LogP) is 2.40. The lowest BCUT2D eigenvalue weighted by Gasteiger charge is -2.22. The summed E-state index contributed by atoms with van der Waals surface area (Å²) < 4.78 is 0. The highest BCUT2D eigenvalue weighted by atomic mass is 16.1. The fourth-order valence-electron chi connectivity index (χ4n) is 2.34. The molecule has 2 N–H and O–H groups in total. The van der Waals surface area contributed by atoms with E-state index in [1.54, 1.807) is 0 Å². The van der Waals surface area contributed by atoms with Crippen molar-refractivity contribution in [3.8, 4) is 11.4 Å². The van der Waals surface area contributed by atoms with E-state index in [1.165, 1.54) is 0 Å². The Bertz CT molecular complexity index is 537. The Kier molecular flexibility index (Phi) is 3.27. The third-order valence-electron chi connectivity index (χ3n) is 3.43. The minimum absolute atomic E-state index is 0.336. The predicted molar refractivity (Wildman–Crippen MR) is 72.7 cm³/mol. The fraction of sp³-hybridized carbons (Fsp3) is 0.357. The summed E-state index contributed by atoms with van der Waals surface area (Å²) in [5.41, 5.74) is 1.79. The Morgan fingerprint density at radius 3 is 2.63 bits per heavy atom. The number of Topliss-reactive ketones (excluding diaryl/α,β-unsaturated/α-hetero) is 1. The molecule has 0 saturated heterocycles. The van der Waals surface area contributed by atoms with Gasteiger partial charge in [0, 0.05) is 25.1 Å². The largest absolute Gasteiger partial charge is 0.366 e. The van der Waals surface area contributed by atoms with E-state index in [2.05, 4.69) is 20.5 Å². The highest BCUT2D eigenvalue weighted by Gasteiger charge is 2.18. The smallest absolute Gasteiger partial charge is 0.148 e. The molecule has 0 unspecified atom stereocenters. The highest BCUT2D eigenvalue weighted by Crippen LogP contribution is 2.19. The van der Waals surface area contributed by atoms with E-state index in [0.29, 0.717) is 24.7 Å². The minimum atomic E-state index is 0.336. The molecule has 0 spiro atoms. The van der Waals surface area contributed by atoms with Gasteiger partial charge >= 0.3 is 0 Å². The first-order valence-corrected chi connectivity index (χ1v) is 6.57. The molecule has 0 aromatic carbocycles. The maximum atomic E-state index is 11.2. The van der Waals surface area contributed by atoms with Crippen molar-refractivity contribution in [2.45, 2.75) is 31.7 Å². The Hall–Kier alpha value is -2.17. The minimum Gasteiger partial charge on any atom is -0.366 e. The molecule has 0 atom stereocenters. The number of aromatic amines is 1. The average molecular weight is 256 g/mol. The third kappa shape index (κ3) is 2.81. The standard InChI is InChI=1S/C14H16N4O/c19-11-5-3-10(4-6-11)16-14-8-7-13(17-18-14)12-2-1-9-15-12/h1-2,7-10,15H,3-6H2,(H,16,18). The highest BCUT2D eigenvalue weighted by molar-refractivity contribution is 5.79. The SMILES string of the molecule is O=C1CCC(Nc2ccc(-c3ccc[nH]3)nn2)CC1. The molecule has 0 bridgehead atoms. The van der Waals surface area contributed by atoms with Crippen molar-refractivity contribution < 1.29 is 4.79 Å². The van der Waals surface area contributed by atoms with Gasteiger partial charge in [-0.15, -0.1) is 10.2 Å². The maximum Gasteiger partial charge on any atom is 0.148 e. The molecule has 5 nitrogen and oxygen atoms in total. The van der Waals surface area contributed by atoms with Crippen molar-refractivity contribution in [2.24, 2.45) is 0 Å². The van der Waals surface area contributed by atoms with Crippen LogP contribution in [-0.4, -0.2) is 27.0 Å². The van der Waals surface area contributed by atoms with Crippen LogP contribution in [0.3, 0.4) is 0 Å². The lowest BCUT2D eigenvalue weighted by Crippen LogP contribution is -2.26. The summed E-state index contributed by atoms with van der Waals surface area (Å²) in [6.45, 7) is 0. The second-order valence-corrected chi connectivity index (χ2v) is 4.84. The zero-order valence-corrected chi connectivity index (χ0v) is 10.6. The quantitative estimate of drug-likeness (QED) is 0.884. The number of ketones is 1. The molecule has 0 radical (unpaired) electrons. The monoisotopic (exact) mass is 256 g/mol. The van der Waals surface area contributed by atoms with Crippen LogP contribution in [0.2, 0.25) is 0 Å². The lowest BCUT2D eigenvalue weighted by molar-refractivity contribution is -0.120. The Morgan fingerprint density at radius 2 is 2.00 bits per heavy atom. The number of aromatic nitrogens is 3. The molecule has 2 aromatic rings. The van der Waals surface area contributed by atoms with Gasteiger partial charge in [0.05, 0.1) is 5.69 Å². The van der Waals surface area contributed by atoms with Crippen LogP contribution >= 0.6 is 0 Å². The molecule has 0 aliphatic heterocycles. The van der Waals surface area contributed by atoms with Crippen LogP contribution < -0.4 is 5.32 Å². The number of hydrogen-bond donors (Lipinski definition) is 2. The number of rotatable bonds is 3. The van der Waals surface area contributed by atoms with Crippen LogP contribution in [0.4, 0.5) is 5.82 Å². The zero-order valence-electron chi connectivity index (χ0n) is 10.6. The van der Waals surface area contributed by atoms with E-state index < -0.39 is 0 Å². The van der Waals surface area contributed by atoms with E-state index in [4.69, 9.17) is 0 Å². The van der Waals surface area contributed by atoms with Gasteiger partial charge in [-0.05, 0) is 37.1 Å². The molecule has 1 aliphatic carbocycles. The van der Waals surface area contributed by atoms with Crippen LogP contribution in [0.15, 0.2) is 30.5 Å². The summed E-state index contributed by atoms with van der Waals surface area (Å²) in [4.78, 5) is 14.3. The molecule has 3 rings (SSSR count). The second kappa shape index (κ2) is 5.22. The van der Waals surface area contributed by atoms with Crippen molar-refractivity contribution in [3.63, 3.8) is 0 Å². The van der Waals surface area contributed by atoms with Crippen LogP contribution in [-0.2, 0) is 4.79 Å².